The van der Waals surface area contributed by atoms with Crippen molar-refractivity contribution in [3.63, 3.8) is 0 Å². The molecule has 3 aromatic rings. The van der Waals surface area contributed by atoms with Gasteiger partial charge in [-0.15, -0.1) is 0 Å². The molecule has 0 unspecified atom stereocenters. The lowest BCUT2D eigenvalue weighted by molar-refractivity contribution is -0.435. The van der Waals surface area contributed by atoms with Gasteiger partial charge in [-0.2, -0.15) is 0 Å². The number of hydrogen-bond acceptors (Lipinski definition) is 2. The molecular weight excluding hydrogens is 374 g/mol. The van der Waals surface area contributed by atoms with Gasteiger partial charge in [0, 0.05) is 10.0 Å². The molecule has 0 aliphatic carbocycles. The quantitative estimate of drug-likeness (QED) is 0.639. The fourth-order valence-corrected chi connectivity index (χ4v) is 3.19. The van der Waals surface area contributed by atoms with Gasteiger partial charge in [0.15, 0.2) is 6.72 Å². The number of hydrazine groups is 2. The Bertz CT molecular complexity index is 932. The molecule has 1 N–H and O–H groups in total. The fraction of sp³-hybridized carbons (Fsp3) is 0. The minimum absolute atomic E-state index is 1.01. The molecule has 25 heavy (non-hydrogen) atoms. The molecule has 3 nitrogen and oxygen atoms in total. The average molecular weight is 391 g/mol. The molecule has 1 aliphatic heterocycles. The Hall–Kier alpha value is -2.85. The number of anilines is 1. The molecule has 1 aliphatic rings. The molecule has 0 aromatic heterocycles. The highest BCUT2D eigenvalue weighted by molar-refractivity contribution is 9.10. The first-order valence-corrected chi connectivity index (χ1v) is 8.81. The highest BCUT2D eigenvalue weighted by Crippen LogP contribution is 2.33. The highest BCUT2D eigenvalue weighted by Gasteiger charge is 2.36. The van der Waals surface area contributed by atoms with E-state index in [1.807, 2.05) is 70.5 Å². The van der Waals surface area contributed by atoms with Gasteiger partial charge in [0.25, 0.3) is 5.70 Å². The van der Waals surface area contributed by atoms with Crippen molar-refractivity contribution in [2.45, 2.75) is 0 Å². The zero-order chi connectivity index (χ0) is 17.2. The van der Waals surface area contributed by atoms with Crippen molar-refractivity contribution in [1.29, 1.82) is 0 Å². The first-order chi connectivity index (χ1) is 12.2. The van der Waals surface area contributed by atoms with Crippen LogP contribution in [-0.2, 0) is 0 Å². The summed E-state index contributed by atoms with van der Waals surface area (Å²) in [5.74, 6) is 0. The first kappa shape index (κ1) is 15.7. The van der Waals surface area contributed by atoms with Gasteiger partial charge in [0.2, 0.25) is 0 Å². The molecule has 4 heteroatoms. The standard InChI is InChI=1S/C21H17BrN3/c1-24-21(17-10-6-3-7-11-17)20(16-8-4-2-5-9-16)23-25(24)19-14-12-18(22)13-15-19/h2-15,23H,1H2/q+1. The second-order valence-electron chi connectivity index (χ2n) is 5.76. The Kier molecular flexibility index (Phi) is 4.12. The molecule has 3 aromatic carbocycles. The topological polar surface area (TPSA) is 18.3 Å². The summed E-state index contributed by atoms with van der Waals surface area (Å²) in [5, 5.41) is 1.96. The van der Waals surface area contributed by atoms with Gasteiger partial charge in [0.05, 0.1) is 5.56 Å². The average Bonchev–Trinajstić information content (AvgIpc) is 3.01. The van der Waals surface area contributed by atoms with E-state index < -0.39 is 0 Å². The molecule has 0 fully saturated rings. The molecule has 0 saturated carbocycles. The molecule has 4 rings (SSSR count). The van der Waals surface area contributed by atoms with Crippen LogP contribution in [0, 0.1) is 0 Å². The van der Waals surface area contributed by atoms with Gasteiger partial charge in [-0.25, -0.2) is 5.43 Å². The van der Waals surface area contributed by atoms with Gasteiger partial charge in [-0.1, -0.05) is 74.3 Å². The second-order valence-corrected chi connectivity index (χ2v) is 6.67. The van der Waals surface area contributed by atoms with Crippen LogP contribution < -0.4 is 10.5 Å². The van der Waals surface area contributed by atoms with E-state index in [4.69, 9.17) is 0 Å². The Morgan fingerprint density at radius 1 is 0.760 bits per heavy atom. The van der Waals surface area contributed by atoms with Crippen molar-refractivity contribution in [3.8, 4) is 0 Å². The Morgan fingerprint density at radius 2 is 1.32 bits per heavy atom. The number of nitrogens with zero attached hydrogens (tertiary/aromatic N) is 2. The van der Waals surface area contributed by atoms with Gasteiger partial charge in [0.1, 0.15) is 11.4 Å². The third kappa shape index (κ3) is 2.96. The molecule has 0 radical (unpaired) electrons. The van der Waals surface area contributed by atoms with Gasteiger partial charge in [-0.05, 0) is 36.4 Å². The van der Waals surface area contributed by atoms with Crippen LogP contribution in [0.1, 0.15) is 11.1 Å². The van der Waals surface area contributed by atoms with Crippen molar-refractivity contribution in [3.05, 3.63) is 101 Å². The summed E-state index contributed by atoms with van der Waals surface area (Å²) in [4.78, 5) is 0. The van der Waals surface area contributed by atoms with E-state index in [0.29, 0.717) is 0 Å². The van der Waals surface area contributed by atoms with Crippen LogP contribution in [0.3, 0.4) is 0 Å². The zero-order valence-electron chi connectivity index (χ0n) is 13.6. The maximum absolute atomic E-state index is 4.28. The molecule has 122 valence electrons. The van der Waals surface area contributed by atoms with Crippen molar-refractivity contribution in [1.82, 2.24) is 5.43 Å². The smallest absolute Gasteiger partial charge is 0.238 e. The predicted molar refractivity (Wildman–Crippen MR) is 107 cm³/mol. The van der Waals surface area contributed by atoms with Crippen LogP contribution in [-0.4, -0.2) is 11.4 Å². The minimum atomic E-state index is 1.01. The summed E-state index contributed by atoms with van der Waals surface area (Å²) in [5.41, 5.74) is 8.82. The summed E-state index contributed by atoms with van der Waals surface area (Å²) < 4.78 is 2.95. The minimum Gasteiger partial charge on any atom is -0.238 e. The zero-order valence-corrected chi connectivity index (χ0v) is 15.1. The maximum Gasteiger partial charge on any atom is 0.269 e. The maximum atomic E-state index is 4.28. The monoisotopic (exact) mass is 390 g/mol. The lowest BCUT2D eigenvalue weighted by atomic mass is 10.1. The van der Waals surface area contributed by atoms with Gasteiger partial charge in [-0.3, -0.25) is 0 Å². The van der Waals surface area contributed by atoms with Crippen LogP contribution in [0.15, 0.2) is 89.4 Å². The number of hydrazone groups is 1. The Labute approximate surface area is 155 Å². The third-order valence-corrected chi connectivity index (χ3v) is 4.66. The Balaban J connectivity index is 1.82. The number of hydrogen-bond donors (Lipinski definition) is 1. The van der Waals surface area contributed by atoms with Gasteiger partial charge < -0.3 is 0 Å². The van der Waals surface area contributed by atoms with Gasteiger partial charge >= 0.3 is 0 Å². The van der Waals surface area contributed by atoms with Crippen molar-refractivity contribution in [2.24, 2.45) is 0 Å². The van der Waals surface area contributed by atoms with Crippen molar-refractivity contribution < 1.29 is 4.68 Å². The second kappa shape index (κ2) is 6.57. The molecule has 0 bridgehead atoms. The summed E-state index contributed by atoms with van der Waals surface area (Å²) >= 11 is 3.49. The van der Waals surface area contributed by atoms with Crippen LogP contribution >= 0.6 is 15.9 Å². The SMILES string of the molecule is C=[N+]1C(c2ccccc2)=C(c2ccccc2)NN1c1ccc(Br)cc1. The molecule has 0 atom stereocenters. The highest BCUT2D eigenvalue weighted by atomic mass is 79.9. The van der Waals surface area contributed by atoms with Crippen LogP contribution in [0.5, 0.6) is 0 Å². The van der Waals surface area contributed by atoms with E-state index in [0.717, 1.165) is 32.7 Å². The summed E-state index contributed by atoms with van der Waals surface area (Å²) in [6.07, 6.45) is 0. The summed E-state index contributed by atoms with van der Waals surface area (Å²) in [6.45, 7) is 4.28. The lowest BCUT2D eigenvalue weighted by Gasteiger charge is -2.14. The van der Waals surface area contributed by atoms with E-state index in [1.165, 1.54) is 0 Å². The number of benzene rings is 3. The van der Waals surface area contributed by atoms with Crippen LogP contribution in [0.4, 0.5) is 5.69 Å². The largest absolute Gasteiger partial charge is 0.269 e. The first-order valence-electron chi connectivity index (χ1n) is 8.02. The molecule has 0 saturated heterocycles. The van der Waals surface area contributed by atoms with E-state index in [1.54, 1.807) is 0 Å². The molecular formula is C21H17BrN3+. The van der Waals surface area contributed by atoms with E-state index in [9.17, 15) is 0 Å². The van der Waals surface area contributed by atoms with Crippen LogP contribution in [0.25, 0.3) is 11.4 Å². The molecule has 0 spiro atoms. The Morgan fingerprint density at radius 3 is 1.92 bits per heavy atom. The van der Waals surface area contributed by atoms with Crippen LogP contribution in [0.2, 0.25) is 0 Å². The van der Waals surface area contributed by atoms with Crippen molar-refractivity contribution >= 4 is 39.7 Å². The number of nitrogens with one attached hydrogen (secondary N) is 1. The molecule has 0 amide bonds. The lowest BCUT2D eigenvalue weighted by Crippen LogP contribution is -2.36. The van der Waals surface area contributed by atoms with E-state index in [-0.39, 0.29) is 0 Å². The third-order valence-electron chi connectivity index (χ3n) is 4.13. The normalized spacial score (nSPS) is 14.0. The summed E-state index contributed by atoms with van der Waals surface area (Å²) in [7, 11) is 0. The fourth-order valence-electron chi connectivity index (χ4n) is 2.93. The summed E-state index contributed by atoms with van der Waals surface area (Å²) in [6, 6.07) is 28.8. The number of rotatable bonds is 3. The van der Waals surface area contributed by atoms with E-state index in [2.05, 4.69) is 52.3 Å². The predicted octanol–water partition coefficient (Wildman–Crippen LogP) is 4.93. The molecule has 1 heterocycles. The van der Waals surface area contributed by atoms with Crippen molar-refractivity contribution in [2.75, 3.05) is 5.12 Å². The number of halogens is 1. The van der Waals surface area contributed by atoms with E-state index >= 15 is 0 Å².